The van der Waals surface area contributed by atoms with Crippen LogP contribution in [0.4, 0.5) is 0 Å². The highest BCUT2D eigenvalue weighted by Gasteiger charge is 2.36. The Labute approximate surface area is 155 Å². The number of hydrogen-bond donors (Lipinski definition) is 2. The third-order valence-corrected chi connectivity index (χ3v) is 5.80. The lowest BCUT2D eigenvalue weighted by Gasteiger charge is -2.36. The fourth-order valence-corrected chi connectivity index (χ4v) is 4.35. The van der Waals surface area contributed by atoms with Crippen LogP contribution in [0.25, 0.3) is 0 Å². The number of benzene rings is 1. The van der Waals surface area contributed by atoms with Crippen molar-refractivity contribution < 1.29 is 4.74 Å². The number of hydrazine groups is 1. The SMILES string of the molecule is COc1cccc(C2CNNC2C2CCN(Cc3ccccn3)CC2)c1. The van der Waals surface area contributed by atoms with Crippen molar-refractivity contribution in [1.82, 2.24) is 20.7 Å². The van der Waals surface area contributed by atoms with Gasteiger partial charge in [0.25, 0.3) is 0 Å². The van der Waals surface area contributed by atoms with E-state index in [0.29, 0.717) is 17.9 Å². The van der Waals surface area contributed by atoms with Crippen LogP contribution in [0.2, 0.25) is 0 Å². The lowest BCUT2D eigenvalue weighted by molar-refractivity contribution is 0.150. The quantitative estimate of drug-likeness (QED) is 0.866. The molecule has 1 aromatic carbocycles. The summed E-state index contributed by atoms with van der Waals surface area (Å²) in [6.45, 7) is 4.23. The molecule has 1 aromatic heterocycles. The van der Waals surface area contributed by atoms with Crippen LogP contribution in [0.3, 0.4) is 0 Å². The highest BCUT2D eigenvalue weighted by molar-refractivity contribution is 5.32. The molecule has 2 unspecified atom stereocenters. The summed E-state index contributed by atoms with van der Waals surface area (Å²) in [6.07, 6.45) is 4.34. The normalized spacial score (nSPS) is 24.7. The largest absolute Gasteiger partial charge is 0.497 e. The second-order valence-electron chi connectivity index (χ2n) is 7.37. The van der Waals surface area contributed by atoms with Crippen LogP contribution >= 0.6 is 0 Å². The summed E-state index contributed by atoms with van der Waals surface area (Å²) in [5, 5.41) is 0. The fraction of sp³-hybridized carbons (Fsp3) is 0.476. The molecule has 138 valence electrons. The summed E-state index contributed by atoms with van der Waals surface area (Å²) in [6, 6.07) is 15.2. The van der Waals surface area contributed by atoms with Gasteiger partial charge in [0.2, 0.25) is 0 Å². The first-order chi connectivity index (χ1) is 12.8. The van der Waals surface area contributed by atoms with Crippen molar-refractivity contribution in [2.75, 3.05) is 26.7 Å². The third kappa shape index (κ3) is 3.90. The first-order valence-corrected chi connectivity index (χ1v) is 9.58. The van der Waals surface area contributed by atoms with Gasteiger partial charge in [-0.15, -0.1) is 0 Å². The maximum absolute atomic E-state index is 5.41. The molecule has 0 aliphatic carbocycles. The van der Waals surface area contributed by atoms with E-state index in [1.807, 2.05) is 18.3 Å². The van der Waals surface area contributed by atoms with Crippen molar-refractivity contribution in [3.63, 3.8) is 0 Å². The van der Waals surface area contributed by atoms with Gasteiger partial charge in [0.05, 0.1) is 12.8 Å². The standard InChI is InChI=1S/C21H28N4O/c1-26-19-7-4-5-17(13-19)20-14-23-24-21(20)16-8-11-25(12-9-16)15-18-6-2-3-10-22-18/h2-7,10,13,16,20-21,23-24H,8-9,11-12,14-15H2,1H3. The van der Waals surface area contributed by atoms with Crippen LogP contribution in [0.5, 0.6) is 5.75 Å². The Hall–Kier alpha value is -1.95. The molecule has 2 N–H and O–H groups in total. The van der Waals surface area contributed by atoms with Gasteiger partial charge in [-0.25, -0.2) is 0 Å². The van der Waals surface area contributed by atoms with E-state index in [9.17, 15) is 0 Å². The van der Waals surface area contributed by atoms with E-state index in [0.717, 1.165) is 31.9 Å². The summed E-state index contributed by atoms with van der Waals surface area (Å²) < 4.78 is 5.41. The molecule has 2 fully saturated rings. The molecule has 4 rings (SSSR count). The van der Waals surface area contributed by atoms with Crippen molar-refractivity contribution >= 4 is 0 Å². The Morgan fingerprint density at radius 3 is 2.81 bits per heavy atom. The summed E-state index contributed by atoms with van der Waals surface area (Å²) >= 11 is 0. The van der Waals surface area contributed by atoms with Crippen molar-refractivity contribution in [1.29, 1.82) is 0 Å². The molecule has 0 bridgehead atoms. The second-order valence-corrected chi connectivity index (χ2v) is 7.37. The molecule has 2 aliphatic rings. The van der Waals surface area contributed by atoms with Crippen LogP contribution in [0, 0.1) is 5.92 Å². The zero-order valence-electron chi connectivity index (χ0n) is 15.4. The Balaban J connectivity index is 1.37. The number of hydrogen-bond acceptors (Lipinski definition) is 5. The van der Waals surface area contributed by atoms with E-state index in [-0.39, 0.29) is 0 Å². The van der Waals surface area contributed by atoms with Gasteiger partial charge < -0.3 is 4.74 Å². The lowest BCUT2D eigenvalue weighted by Crippen LogP contribution is -2.44. The van der Waals surface area contributed by atoms with Gasteiger partial charge in [-0.1, -0.05) is 18.2 Å². The molecule has 2 aliphatic heterocycles. The van der Waals surface area contributed by atoms with Crippen molar-refractivity contribution in [3.8, 4) is 5.75 Å². The summed E-state index contributed by atoms with van der Waals surface area (Å²) in [7, 11) is 1.74. The minimum Gasteiger partial charge on any atom is -0.497 e. The monoisotopic (exact) mass is 352 g/mol. The Bertz CT molecular complexity index is 700. The minimum absolute atomic E-state index is 0.485. The Morgan fingerprint density at radius 1 is 1.15 bits per heavy atom. The maximum Gasteiger partial charge on any atom is 0.119 e. The highest BCUT2D eigenvalue weighted by Crippen LogP contribution is 2.33. The highest BCUT2D eigenvalue weighted by atomic mass is 16.5. The molecule has 0 saturated carbocycles. The summed E-state index contributed by atoms with van der Waals surface area (Å²) in [5.74, 6) is 2.14. The smallest absolute Gasteiger partial charge is 0.119 e. The molecule has 3 heterocycles. The van der Waals surface area contributed by atoms with E-state index in [4.69, 9.17) is 4.74 Å². The predicted octanol–water partition coefficient (Wildman–Crippen LogP) is 2.56. The van der Waals surface area contributed by atoms with E-state index >= 15 is 0 Å². The van der Waals surface area contributed by atoms with E-state index in [1.54, 1.807) is 7.11 Å². The van der Waals surface area contributed by atoms with Crippen molar-refractivity contribution in [2.45, 2.75) is 31.3 Å². The molecular weight excluding hydrogens is 324 g/mol. The number of pyridine rings is 1. The van der Waals surface area contributed by atoms with Crippen LogP contribution in [0.1, 0.15) is 30.0 Å². The van der Waals surface area contributed by atoms with Gasteiger partial charge >= 0.3 is 0 Å². The van der Waals surface area contributed by atoms with Crippen LogP contribution in [-0.4, -0.2) is 42.7 Å². The average Bonchev–Trinajstić information content (AvgIpc) is 3.19. The summed E-state index contributed by atoms with van der Waals surface area (Å²) in [5.41, 5.74) is 9.48. The number of methoxy groups -OCH3 is 1. The molecule has 5 nitrogen and oxygen atoms in total. The van der Waals surface area contributed by atoms with Crippen molar-refractivity contribution in [2.24, 2.45) is 5.92 Å². The van der Waals surface area contributed by atoms with Crippen molar-refractivity contribution in [3.05, 3.63) is 59.9 Å². The van der Waals surface area contributed by atoms with E-state index in [1.165, 1.54) is 24.1 Å². The summed E-state index contributed by atoms with van der Waals surface area (Å²) in [4.78, 5) is 6.99. The molecule has 2 aromatic rings. The van der Waals surface area contributed by atoms with Crippen LogP contribution in [-0.2, 0) is 6.54 Å². The Morgan fingerprint density at radius 2 is 2.04 bits per heavy atom. The molecule has 0 amide bonds. The number of likely N-dealkylation sites (tertiary alicyclic amines) is 1. The molecular formula is C21H28N4O. The number of ether oxygens (including phenoxy) is 1. The van der Waals surface area contributed by atoms with Gasteiger partial charge in [0.15, 0.2) is 0 Å². The van der Waals surface area contributed by atoms with Gasteiger partial charge in [0.1, 0.15) is 5.75 Å². The van der Waals surface area contributed by atoms with E-state index in [2.05, 4.69) is 51.1 Å². The maximum atomic E-state index is 5.41. The topological polar surface area (TPSA) is 49.4 Å². The number of piperidine rings is 1. The fourth-order valence-electron chi connectivity index (χ4n) is 4.35. The zero-order valence-corrected chi connectivity index (χ0v) is 15.4. The van der Waals surface area contributed by atoms with Crippen LogP contribution in [0.15, 0.2) is 48.7 Å². The Kier molecular flexibility index (Phi) is 5.48. The second kappa shape index (κ2) is 8.16. The van der Waals surface area contributed by atoms with Crippen LogP contribution < -0.4 is 15.6 Å². The first kappa shape index (κ1) is 17.5. The third-order valence-electron chi connectivity index (χ3n) is 5.80. The average molecular weight is 352 g/mol. The van der Waals surface area contributed by atoms with E-state index < -0.39 is 0 Å². The number of rotatable bonds is 5. The molecule has 5 heteroatoms. The molecule has 0 spiro atoms. The minimum atomic E-state index is 0.485. The van der Waals surface area contributed by atoms with Gasteiger partial charge in [0, 0.05) is 31.2 Å². The predicted molar refractivity (Wildman–Crippen MR) is 103 cm³/mol. The molecule has 26 heavy (non-hydrogen) atoms. The molecule has 2 saturated heterocycles. The lowest BCUT2D eigenvalue weighted by atomic mass is 9.80. The molecule has 0 radical (unpaired) electrons. The first-order valence-electron chi connectivity index (χ1n) is 9.58. The zero-order chi connectivity index (χ0) is 17.8. The van der Waals surface area contributed by atoms with Gasteiger partial charge in [-0.3, -0.25) is 20.7 Å². The van der Waals surface area contributed by atoms with Gasteiger partial charge in [-0.05, 0) is 61.7 Å². The number of nitrogens with one attached hydrogen (secondary N) is 2. The number of aromatic nitrogens is 1. The number of nitrogens with zero attached hydrogens (tertiary/aromatic N) is 2. The molecule has 2 atom stereocenters. The van der Waals surface area contributed by atoms with Gasteiger partial charge in [-0.2, -0.15) is 0 Å².